The first kappa shape index (κ1) is 13.7. The van der Waals surface area contributed by atoms with E-state index in [9.17, 15) is 0 Å². The van der Waals surface area contributed by atoms with E-state index in [1.165, 1.54) is 37.7 Å². The number of hydrogen-bond donors (Lipinski definition) is 1. The molecule has 94 valence electrons. The second kappa shape index (κ2) is 7.08. The summed E-state index contributed by atoms with van der Waals surface area (Å²) in [5.74, 6) is 0. The number of hydrogen-bond acceptors (Lipinski definition) is 2. The molecule has 0 bridgehead atoms. The average Bonchev–Trinajstić information content (AvgIpc) is 2.19. The molecule has 0 amide bonds. The Morgan fingerprint density at radius 2 is 2.12 bits per heavy atom. The van der Waals surface area contributed by atoms with Gasteiger partial charge in [-0.2, -0.15) is 0 Å². The van der Waals surface area contributed by atoms with Crippen LogP contribution in [0.3, 0.4) is 0 Å². The van der Waals surface area contributed by atoms with Crippen LogP contribution in [-0.4, -0.2) is 25.3 Å². The first-order valence-corrected chi connectivity index (χ1v) is 6.67. The highest BCUT2D eigenvalue weighted by Crippen LogP contribution is 2.38. The molecule has 0 spiro atoms. The molecule has 2 nitrogen and oxygen atoms in total. The highest BCUT2D eigenvalue weighted by Gasteiger charge is 2.37. The van der Waals surface area contributed by atoms with Gasteiger partial charge in [-0.05, 0) is 58.5 Å². The van der Waals surface area contributed by atoms with Gasteiger partial charge in [0.05, 0.1) is 12.2 Å². The number of rotatable bonds is 9. The molecule has 0 saturated heterocycles. The van der Waals surface area contributed by atoms with Gasteiger partial charge in [0.1, 0.15) is 0 Å². The van der Waals surface area contributed by atoms with Gasteiger partial charge >= 0.3 is 0 Å². The maximum absolute atomic E-state index is 6.06. The van der Waals surface area contributed by atoms with Gasteiger partial charge in [0.15, 0.2) is 0 Å². The molecule has 1 aliphatic rings. The lowest BCUT2D eigenvalue weighted by Crippen LogP contribution is -2.43. The van der Waals surface area contributed by atoms with Gasteiger partial charge in [0.25, 0.3) is 0 Å². The standard InChI is InChI=1S/C14H27NO/c1-4-10-15-11-9-14(7-5-8-14)16-12-6-13(2)3/h15H,2,4-12H2,1,3H3. The Morgan fingerprint density at radius 3 is 2.62 bits per heavy atom. The van der Waals surface area contributed by atoms with Gasteiger partial charge in [0.2, 0.25) is 0 Å². The molecule has 1 aliphatic carbocycles. The van der Waals surface area contributed by atoms with E-state index in [2.05, 4.69) is 25.7 Å². The van der Waals surface area contributed by atoms with Crippen molar-refractivity contribution < 1.29 is 4.74 Å². The molecule has 0 unspecified atom stereocenters. The predicted octanol–water partition coefficient (Wildman–Crippen LogP) is 3.28. The van der Waals surface area contributed by atoms with Crippen LogP contribution < -0.4 is 5.32 Å². The zero-order valence-corrected chi connectivity index (χ0v) is 11.0. The topological polar surface area (TPSA) is 21.3 Å². The van der Waals surface area contributed by atoms with Crippen LogP contribution in [0.25, 0.3) is 0 Å². The zero-order chi connectivity index (χ0) is 11.9. The fourth-order valence-electron chi connectivity index (χ4n) is 2.10. The highest BCUT2D eigenvalue weighted by molar-refractivity contribution is 4.92. The monoisotopic (exact) mass is 225 g/mol. The molecule has 0 heterocycles. The SMILES string of the molecule is C=C(C)CCOC1(CCNCCC)CCC1. The van der Waals surface area contributed by atoms with E-state index in [4.69, 9.17) is 4.74 Å². The molecule has 0 aromatic heterocycles. The second-order valence-corrected chi connectivity index (χ2v) is 5.09. The van der Waals surface area contributed by atoms with Crippen LogP contribution in [0.5, 0.6) is 0 Å². The van der Waals surface area contributed by atoms with E-state index < -0.39 is 0 Å². The number of ether oxygens (including phenoxy) is 1. The first-order valence-electron chi connectivity index (χ1n) is 6.67. The zero-order valence-electron chi connectivity index (χ0n) is 11.0. The fourth-order valence-corrected chi connectivity index (χ4v) is 2.10. The Labute approximate surface area is 100 Å². The molecule has 1 fully saturated rings. The van der Waals surface area contributed by atoms with Gasteiger partial charge in [-0.1, -0.05) is 12.5 Å². The minimum Gasteiger partial charge on any atom is -0.375 e. The molecule has 0 aliphatic heterocycles. The van der Waals surface area contributed by atoms with Crippen LogP contribution in [0.4, 0.5) is 0 Å². The van der Waals surface area contributed by atoms with Gasteiger partial charge in [-0.15, -0.1) is 6.58 Å². The Kier molecular flexibility index (Phi) is 6.07. The third-order valence-corrected chi connectivity index (χ3v) is 3.39. The van der Waals surface area contributed by atoms with Crippen LogP contribution in [0.2, 0.25) is 0 Å². The van der Waals surface area contributed by atoms with E-state index >= 15 is 0 Å². The summed E-state index contributed by atoms with van der Waals surface area (Å²) in [6.07, 6.45) is 7.21. The summed E-state index contributed by atoms with van der Waals surface area (Å²) in [6.45, 7) is 11.3. The van der Waals surface area contributed by atoms with E-state index in [-0.39, 0.29) is 5.60 Å². The van der Waals surface area contributed by atoms with Crippen molar-refractivity contribution in [1.82, 2.24) is 5.32 Å². The maximum atomic E-state index is 6.06. The van der Waals surface area contributed by atoms with Crippen molar-refractivity contribution in [1.29, 1.82) is 0 Å². The average molecular weight is 225 g/mol. The molecule has 0 atom stereocenters. The fraction of sp³-hybridized carbons (Fsp3) is 0.857. The minimum atomic E-state index is 0.205. The largest absolute Gasteiger partial charge is 0.375 e. The van der Waals surface area contributed by atoms with E-state index in [1.807, 2.05) is 0 Å². The Balaban J connectivity index is 2.14. The van der Waals surface area contributed by atoms with Crippen molar-refractivity contribution in [2.45, 2.75) is 58.0 Å². The van der Waals surface area contributed by atoms with Crippen LogP contribution in [-0.2, 0) is 4.74 Å². The van der Waals surface area contributed by atoms with Crippen molar-refractivity contribution >= 4 is 0 Å². The molecule has 1 saturated carbocycles. The summed E-state index contributed by atoms with van der Waals surface area (Å²) in [6, 6.07) is 0. The van der Waals surface area contributed by atoms with Gasteiger partial charge in [0, 0.05) is 0 Å². The molecule has 1 N–H and O–H groups in total. The molecule has 1 rings (SSSR count). The van der Waals surface area contributed by atoms with Crippen LogP contribution in [0.1, 0.15) is 52.4 Å². The summed E-state index contributed by atoms with van der Waals surface area (Å²) in [5, 5.41) is 3.46. The third kappa shape index (κ3) is 4.67. The van der Waals surface area contributed by atoms with Crippen molar-refractivity contribution in [2.75, 3.05) is 19.7 Å². The van der Waals surface area contributed by atoms with Gasteiger partial charge < -0.3 is 10.1 Å². The molecule has 16 heavy (non-hydrogen) atoms. The van der Waals surface area contributed by atoms with E-state index in [1.54, 1.807) is 0 Å². The highest BCUT2D eigenvalue weighted by atomic mass is 16.5. The third-order valence-electron chi connectivity index (χ3n) is 3.39. The van der Waals surface area contributed by atoms with Crippen LogP contribution in [0, 0.1) is 0 Å². The summed E-state index contributed by atoms with van der Waals surface area (Å²) in [4.78, 5) is 0. The normalized spacial score (nSPS) is 18.1. The summed E-state index contributed by atoms with van der Waals surface area (Å²) in [7, 11) is 0. The molecular weight excluding hydrogens is 198 g/mol. The smallest absolute Gasteiger partial charge is 0.0694 e. The first-order chi connectivity index (χ1) is 7.68. The molecule has 0 aromatic rings. The van der Waals surface area contributed by atoms with Crippen molar-refractivity contribution in [3.05, 3.63) is 12.2 Å². The van der Waals surface area contributed by atoms with Crippen molar-refractivity contribution in [2.24, 2.45) is 0 Å². The Hall–Kier alpha value is -0.340. The maximum Gasteiger partial charge on any atom is 0.0694 e. The lowest BCUT2D eigenvalue weighted by molar-refractivity contribution is -0.103. The molecule has 0 radical (unpaired) electrons. The van der Waals surface area contributed by atoms with Crippen molar-refractivity contribution in [3.8, 4) is 0 Å². The summed E-state index contributed by atoms with van der Waals surface area (Å²) < 4.78 is 6.06. The van der Waals surface area contributed by atoms with Crippen molar-refractivity contribution in [3.63, 3.8) is 0 Å². The lowest BCUT2D eigenvalue weighted by atomic mass is 9.77. The van der Waals surface area contributed by atoms with Crippen LogP contribution in [0.15, 0.2) is 12.2 Å². The van der Waals surface area contributed by atoms with Gasteiger partial charge in [-0.3, -0.25) is 0 Å². The summed E-state index contributed by atoms with van der Waals surface area (Å²) in [5.41, 5.74) is 1.43. The quantitative estimate of drug-likeness (QED) is 0.480. The summed E-state index contributed by atoms with van der Waals surface area (Å²) >= 11 is 0. The minimum absolute atomic E-state index is 0.205. The van der Waals surface area contributed by atoms with Gasteiger partial charge in [-0.25, -0.2) is 0 Å². The molecule has 0 aromatic carbocycles. The predicted molar refractivity (Wildman–Crippen MR) is 69.7 cm³/mol. The molecule has 2 heteroatoms. The molecular formula is C14H27NO. The number of nitrogens with one attached hydrogen (secondary N) is 1. The Bertz CT molecular complexity index is 209. The van der Waals surface area contributed by atoms with Crippen LogP contribution >= 0.6 is 0 Å². The Morgan fingerprint density at radius 1 is 1.38 bits per heavy atom. The lowest BCUT2D eigenvalue weighted by Gasteiger charge is -2.42. The van der Waals surface area contributed by atoms with E-state index in [0.717, 1.165) is 26.1 Å². The van der Waals surface area contributed by atoms with E-state index in [0.29, 0.717) is 0 Å². The second-order valence-electron chi connectivity index (χ2n) is 5.09.